The first-order chi connectivity index (χ1) is 7.13. The van der Waals surface area contributed by atoms with Crippen molar-refractivity contribution in [2.24, 2.45) is 0 Å². The summed E-state index contributed by atoms with van der Waals surface area (Å²) in [6, 6.07) is 6.17. The van der Waals surface area contributed by atoms with Crippen LogP contribution in [0.3, 0.4) is 0 Å². The molecular weight excluding hydrogens is 254 g/mol. The Morgan fingerprint density at radius 1 is 1.53 bits per heavy atom. The van der Waals surface area contributed by atoms with Crippen molar-refractivity contribution in [1.29, 1.82) is 0 Å². The molecule has 0 saturated carbocycles. The fraction of sp³-hybridized carbons (Fsp3) is 0.333. The molecule has 0 bridgehead atoms. The van der Waals surface area contributed by atoms with Crippen LogP contribution in [0.15, 0.2) is 29.3 Å². The van der Waals surface area contributed by atoms with Gasteiger partial charge in [0.05, 0.1) is 0 Å². The third-order valence-corrected chi connectivity index (χ3v) is 2.20. The van der Waals surface area contributed by atoms with Gasteiger partial charge in [-0.1, -0.05) is 40.2 Å². The minimum absolute atomic E-state index is 0.500. The van der Waals surface area contributed by atoms with Crippen LogP contribution in [0.25, 0.3) is 0 Å². The first kappa shape index (κ1) is 12.3. The van der Waals surface area contributed by atoms with Crippen LogP contribution >= 0.6 is 15.9 Å². The molecule has 0 atom stereocenters. The number of nitrogens with one attached hydrogen (secondary N) is 1. The topological polar surface area (TPSA) is 21.3 Å². The highest BCUT2D eigenvalue weighted by molar-refractivity contribution is 9.11. The van der Waals surface area contributed by atoms with Gasteiger partial charge in [-0.05, 0) is 20.0 Å². The maximum Gasteiger partial charge on any atom is 0.124 e. The fourth-order valence-electron chi connectivity index (χ4n) is 1.33. The van der Waals surface area contributed by atoms with Gasteiger partial charge in [0.2, 0.25) is 0 Å². The predicted molar refractivity (Wildman–Crippen MR) is 67.5 cm³/mol. The van der Waals surface area contributed by atoms with Crippen molar-refractivity contribution in [2.45, 2.75) is 13.5 Å². The van der Waals surface area contributed by atoms with Crippen molar-refractivity contribution < 1.29 is 4.74 Å². The Balaban J connectivity index is 2.80. The molecule has 0 heterocycles. The molecular formula is C12H16BrNO. The number of hydrogen-bond donors (Lipinski definition) is 1. The number of halogens is 1. The maximum absolute atomic E-state index is 5.62. The average molecular weight is 270 g/mol. The molecule has 1 aromatic rings. The van der Waals surface area contributed by atoms with E-state index in [9.17, 15) is 0 Å². The smallest absolute Gasteiger partial charge is 0.124 e. The van der Waals surface area contributed by atoms with E-state index in [0.29, 0.717) is 6.61 Å². The summed E-state index contributed by atoms with van der Waals surface area (Å²) in [5, 5.41) is 3.13. The monoisotopic (exact) mass is 269 g/mol. The third kappa shape index (κ3) is 4.06. The van der Waals surface area contributed by atoms with Crippen LogP contribution < -0.4 is 10.1 Å². The largest absolute Gasteiger partial charge is 0.488 e. The van der Waals surface area contributed by atoms with Crippen molar-refractivity contribution in [1.82, 2.24) is 5.32 Å². The van der Waals surface area contributed by atoms with Crippen molar-refractivity contribution in [2.75, 3.05) is 13.7 Å². The van der Waals surface area contributed by atoms with Gasteiger partial charge in [0, 0.05) is 16.6 Å². The molecule has 0 radical (unpaired) electrons. The van der Waals surface area contributed by atoms with Crippen molar-refractivity contribution in [3.8, 4) is 5.75 Å². The van der Waals surface area contributed by atoms with E-state index in [1.165, 1.54) is 11.1 Å². The normalized spacial score (nSPS) is 10.1. The quantitative estimate of drug-likeness (QED) is 0.888. The Hall–Kier alpha value is -0.800. The Bertz CT molecular complexity index is 349. The van der Waals surface area contributed by atoms with Gasteiger partial charge in [-0.2, -0.15) is 0 Å². The van der Waals surface area contributed by atoms with Crippen molar-refractivity contribution >= 4 is 15.9 Å². The fourth-order valence-corrected chi connectivity index (χ4v) is 1.45. The van der Waals surface area contributed by atoms with Crippen LogP contribution in [-0.4, -0.2) is 13.7 Å². The zero-order chi connectivity index (χ0) is 11.3. The van der Waals surface area contributed by atoms with Crippen LogP contribution in [0.2, 0.25) is 0 Å². The summed E-state index contributed by atoms with van der Waals surface area (Å²) in [5.74, 6) is 0.913. The summed E-state index contributed by atoms with van der Waals surface area (Å²) in [5.41, 5.74) is 2.41. The number of ether oxygens (including phenoxy) is 1. The Morgan fingerprint density at radius 2 is 2.27 bits per heavy atom. The number of hydrogen-bond acceptors (Lipinski definition) is 2. The molecule has 0 aliphatic carbocycles. The van der Waals surface area contributed by atoms with E-state index in [2.05, 4.69) is 40.8 Å². The van der Waals surface area contributed by atoms with E-state index in [1.807, 2.05) is 19.2 Å². The molecule has 0 aliphatic rings. The first-order valence-corrected chi connectivity index (χ1v) is 5.63. The standard InChI is InChI=1S/C12H16BrNO/c1-9-4-5-12(15-8-10(2)13)11(6-9)7-14-3/h4-6,14H,2,7-8H2,1,3H3. The minimum Gasteiger partial charge on any atom is -0.488 e. The lowest BCUT2D eigenvalue weighted by Crippen LogP contribution is -2.08. The second-order valence-corrected chi connectivity index (χ2v) is 4.57. The molecule has 0 amide bonds. The highest BCUT2D eigenvalue weighted by atomic mass is 79.9. The molecule has 0 saturated heterocycles. The van der Waals surface area contributed by atoms with E-state index >= 15 is 0 Å². The SMILES string of the molecule is C=C(Br)COc1ccc(C)cc1CNC. The Kier molecular flexibility index (Phi) is 4.85. The molecule has 1 rings (SSSR count). The lowest BCUT2D eigenvalue weighted by atomic mass is 10.1. The molecule has 0 fully saturated rings. The number of rotatable bonds is 5. The van der Waals surface area contributed by atoms with E-state index in [4.69, 9.17) is 4.74 Å². The summed E-state index contributed by atoms with van der Waals surface area (Å²) in [7, 11) is 1.93. The van der Waals surface area contributed by atoms with Gasteiger partial charge in [0.25, 0.3) is 0 Å². The second kappa shape index (κ2) is 5.93. The van der Waals surface area contributed by atoms with E-state index in [1.54, 1.807) is 0 Å². The second-order valence-electron chi connectivity index (χ2n) is 3.45. The van der Waals surface area contributed by atoms with Gasteiger partial charge >= 0.3 is 0 Å². The lowest BCUT2D eigenvalue weighted by Gasteiger charge is -2.11. The Morgan fingerprint density at radius 3 is 2.87 bits per heavy atom. The maximum atomic E-state index is 5.62. The van der Waals surface area contributed by atoms with E-state index < -0.39 is 0 Å². The molecule has 1 N–H and O–H groups in total. The molecule has 2 nitrogen and oxygen atoms in total. The summed E-state index contributed by atoms with van der Waals surface area (Å²) in [6.45, 7) is 7.13. The minimum atomic E-state index is 0.500. The van der Waals surface area contributed by atoms with Crippen molar-refractivity contribution in [3.05, 3.63) is 40.4 Å². The van der Waals surface area contributed by atoms with Crippen LogP contribution in [0.1, 0.15) is 11.1 Å². The molecule has 82 valence electrons. The summed E-state index contributed by atoms with van der Waals surface area (Å²) in [4.78, 5) is 0. The first-order valence-electron chi connectivity index (χ1n) is 4.83. The number of aryl methyl sites for hydroxylation is 1. The molecule has 15 heavy (non-hydrogen) atoms. The molecule has 0 aliphatic heterocycles. The van der Waals surface area contributed by atoms with Gasteiger partial charge in [-0.15, -0.1) is 0 Å². The van der Waals surface area contributed by atoms with Crippen LogP contribution in [0, 0.1) is 6.92 Å². The third-order valence-electron chi connectivity index (χ3n) is 1.97. The van der Waals surface area contributed by atoms with Crippen LogP contribution in [0.4, 0.5) is 0 Å². The average Bonchev–Trinajstić information content (AvgIpc) is 2.17. The molecule has 0 unspecified atom stereocenters. The molecule has 0 aromatic heterocycles. The molecule has 1 aromatic carbocycles. The van der Waals surface area contributed by atoms with Gasteiger partial charge in [-0.25, -0.2) is 0 Å². The van der Waals surface area contributed by atoms with Gasteiger partial charge < -0.3 is 10.1 Å². The summed E-state index contributed by atoms with van der Waals surface area (Å²) < 4.78 is 6.47. The highest BCUT2D eigenvalue weighted by Gasteiger charge is 2.03. The van der Waals surface area contributed by atoms with E-state index in [-0.39, 0.29) is 0 Å². The zero-order valence-electron chi connectivity index (χ0n) is 9.14. The summed E-state index contributed by atoms with van der Waals surface area (Å²) in [6.07, 6.45) is 0. The van der Waals surface area contributed by atoms with Gasteiger partial charge in [0.1, 0.15) is 12.4 Å². The highest BCUT2D eigenvalue weighted by Crippen LogP contribution is 2.20. The zero-order valence-corrected chi connectivity index (χ0v) is 10.7. The molecule has 3 heteroatoms. The van der Waals surface area contributed by atoms with Gasteiger partial charge in [-0.3, -0.25) is 0 Å². The Labute approximate surface area is 99.5 Å². The van der Waals surface area contributed by atoms with Crippen LogP contribution in [-0.2, 0) is 6.54 Å². The van der Waals surface area contributed by atoms with Gasteiger partial charge in [0.15, 0.2) is 0 Å². The van der Waals surface area contributed by atoms with E-state index in [0.717, 1.165) is 16.8 Å². The molecule has 0 spiro atoms. The summed E-state index contributed by atoms with van der Waals surface area (Å²) >= 11 is 3.27. The van der Waals surface area contributed by atoms with Crippen LogP contribution in [0.5, 0.6) is 5.75 Å². The lowest BCUT2D eigenvalue weighted by molar-refractivity contribution is 0.356. The van der Waals surface area contributed by atoms with Crippen molar-refractivity contribution in [3.63, 3.8) is 0 Å². The number of benzene rings is 1. The predicted octanol–water partition coefficient (Wildman–Crippen LogP) is 3.00.